The summed E-state index contributed by atoms with van der Waals surface area (Å²) < 4.78 is 5.19. The van der Waals surface area contributed by atoms with Gasteiger partial charge in [-0.15, -0.1) is 0 Å². The Morgan fingerprint density at radius 2 is 1.93 bits per heavy atom. The lowest BCUT2D eigenvalue weighted by Crippen LogP contribution is -2.29. The Morgan fingerprint density at radius 1 is 1.17 bits per heavy atom. The van der Waals surface area contributed by atoms with Crippen molar-refractivity contribution < 1.29 is 14.1 Å². The van der Waals surface area contributed by atoms with Crippen LogP contribution in [0.25, 0.3) is 11.1 Å². The third-order valence-corrected chi connectivity index (χ3v) is 4.29. The minimum atomic E-state index is -0.576. The molecule has 10 heteroatoms. The fourth-order valence-electron chi connectivity index (χ4n) is 2.60. The van der Waals surface area contributed by atoms with Crippen molar-refractivity contribution in [1.82, 2.24) is 10.3 Å². The van der Waals surface area contributed by atoms with Crippen LogP contribution in [0, 0.1) is 10.1 Å². The predicted octanol–water partition coefficient (Wildman–Crippen LogP) is 2.91. The van der Waals surface area contributed by atoms with E-state index in [2.05, 4.69) is 15.6 Å². The highest BCUT2D eigenvalue weighted by molar-refractivity contribution is 6.31. The zero-order valence-corrected chi connectivity index (χ0v) is 15.9. The first kappa shape index (κ1) is 20.3. The number of benzene rings is 2. The van der Waals surface area contributed by atoms with Gasteiger partial charge in [-0.2, -0.15) is 0 Å². The smallest absolute Gasteiger partial charge is 0.358 e. The molecule has 0 bridgehead atoms. The number of nitro benzene ring substituents is 1. The number of halogens is 1. The maximum Gasteiger partial charge on any atom is 0.358 e. The fourth-order valence-corrected chi connectivity index (χ4v) is 2.77. The number of hydrogen-bond acceptors (Lipinski definition) is 7. The molecule has 29 heavy (non-hydrogen) atoms. The number of anilines is 1. The second-order valence-corrected chi connectivity index (χ2v) is 6.58. The molecule has 1 heterocycles. The molecule has 0 atom stereocenters. The molecule has 0 radical (unpaired) electrons. The molecule has 0 spiro atoms. The van der Waals surface area contributed by atoms with Gasteiger partial charge >= 0.3 is 5.63 Å². The normalized spacial score (nSPS) is 10.7. The Labute approximate surface area is 169 Å². The lowest BCUT2D eigenvalue weighted by Gasteiger charge is -2.08. The van der Waals surface area contributed by atoms with Crippen LogP contribution < -0.4 is 16.3 Å². The van der Waals surface area contributed by atoms with Crippen LogP contribution in [0.5, 0.6) is 0 Å². The lowest BCUT2D eigenvalue weighted by atomic mass is 10.2. The quantitative estimate of drug-likeness (QED) is 0.328. The summed E-state index contributed by atoms with van der Waals surface area (Å²) in [4.78, 5) is 38.3. The molecule has 9 nitrogen and oxygen atoms in total. The van der Waals surface area contributed by atoms with Crippen molar-refractivity contribution in [2.75, 3.05) is 18.4 Å². The Balaban J connectivity index is 1.45. The van der Waals surface area contributed by atoms with Crippen molar-refractivity contribution in [2.45, 2.75) is 12.8 Å². The standard InChI is InChI=1S/C19H17ClN4O5/c20-12-1-7-17-16(11-12)23-15(19(26)29-17)6-8-18(25)22-10-9-21-13-2-4-14(5-3-13)24(27)28/h1-5,7,11,21H,6,8-10H2,(H,22,25). The van der Waals surface area contributed by atoms with Gasteiger partial charge in [-0.05, 0) is 30.3 Å². The molecule has 0 aliphatic carbocycles. The Bertz CT molecular complexity index is 1100. The number of rotatable bonds is 8. The van der Waals surface area contributed by atoms with E-state index >= 15 is 0 Å². The number of carbonyl (C=O) groups excluding carboxylic acids is 1. The summed E-state index contributed by atoms with van der Waals surface area (Å²) in [6.07, 6.45) is 0.230. The number of hydrogen-bond donors (Lipinski definition) is 2. The highest BCUT2D eigenvalue weighted by atomic mass is 35.5. The van der Waals surface area contributed by atoms with Gasteiger partial charge in [0.25, 0.3) is 5.69 Å². The van der Waals surface area contributed by atoms with Crippen LogP contribution in [-0.2, 0) is 11.2 Å². The van der Waals surface area contributed by atoms with Crippen LogP contribution in [0.1, 0.15) is 12.1 Å². The van der Waals surface area contributed by atoms with Crippen molar-refractivity contribution in [3.05, 3.63) is 73.7 Å². The van der Waals surface area contributed by atoms with Crippen LogP contribution >= 0.6 is 11.6 Å². The third kappa shape index (κ3) is 5.52. The summed E-state index contributed by atoms with van der Waals surface area (Å²) in [6.45, 7) is 0.795. The second-order valence-electron chi connectivity index (χ2n) is 6.14. The zero-order valence-electron chi connectivity index (χ0n) is 15.2. The number of amides is 1. The summed E-state index contributed by atoms with van der Waals surface area (Å²) in [6, 6.07) is 10.8. The zero-order chi connectivity index (χ0) is 20.8. The van der Waals surface area contributed by atoms with Gasteiger partial charge in [-0.1, -0.05) is 11.6 Å². The topological polar surface area (TPSA) is 127 Å². The van der Waals surface area contributed by atoms with Crippen molar-refractivity contribution in [2.24, 2.45) is 0 Å². The van der Waals surface area contributed by atoms with Gasteiger partial charge < -0.3 is 15.1 Å². The van der Waals surface area contributed by atoms with E-state index in [0.29, 0.717) is 34.9 Å². The van der Waals surface area contributed by atoms with Gasteiger partial charge in [0, 0.05) is 48.8 Å². The van der Waals surface area contributed by atoms with E-state index in [4.69, 9.17) is 16.0 Å². The number of nitro groups is 1. The molecule has 3 aromatic rings. The van der Waals surface area contributed by atoms with Crippen LogP contribution in [0.4, 0.5) is 11.4 Å². The van der Waals surface area contributed by atoms with E-state index in [1.165, 1.54) is 12.1 Å². The average Bonchev–Trinajstić information content (AvgIpc) is 2.70. The van der Waals surface area contributed by atoms with Crippen molar-refractivity contribution in [3.63, 3.8) is 0 Å². The molecular formula is C19H17ClN4O5. The maximum absolute atomic E-state index is 12.0. The minimum absolute atomic E-state index is 0.0119. The molecule has 0 unspecified atom stereocenters. The Hall–Kier alpha value is -3.46. The van der Waals surface area contributed by atoms with Crippen LogP contribution in [0.2, 0.25) is 5.02 Å². The first-order valence-electron chi connectivity index (χ1n) is 8.77. The summed E-state index contributed by atoms with van der Waals surface area (Å²) in [5.74, 6) is -0.233. The molecule has 0 fully saturated rings. The largest absolute Gasteiger partial charge is 0.420 e. The Kier molecular flexibility index (Phi) is 6.40. The molecule has 0 saturated carbocycles. The van der Waals surface area contributed by atoms with Gasteiger partial charge in [-0.25, -0.2) is 9.78 Å². The molecular weight excluding hydrogens is 400 g/mol. The van der Waals surface area contributed by atoms with Gasteiger partial charge in [0.2, 0.25) is 5.91 Å². The van der Waals surface area contributed by atoms with Crippen molar-refractivity contribution >= 4 is 40.0 Å². The highest BCUT2D eigenvalue weighted by Gasteiger charge is 2.10. The molecule has 1 aromatic heterocycles. The number of aromatic nitrogens is 1. The molecule has 2 N–H and O–H groups in total. The van der Waals surface area contributed by atoms with E-state index in [0.717, 1.165) is 0 Å². The van der Waals surface area contributed by atoms with Gasteiger partial charge in [0.05, 0.1) is 4.92 Å². The first-order valence-corrected chi connectivity index (χ1v) is 9.14. The first-order chi connectivity index (χ1) is 13.9. The fraction of sp³-hybridized carbons (Fsp3) is 0.211. The molecule has 0 saturated heterocycles. The molecule has 0 aliphatic heterocycles. The van der Waals surface area contributed by atoms with E-state index < -0.39 is 10.5 Å². The summed E-state index contributed by atoms with van der Waals surface area (Å²) in [5.41, 5.74) is 1.11. The molecule has 1 amide bonds. The molecule has 2 aromatic carbocycles. The SMILES string of the molecule is O=C(CCc1nc2cc(Cl)ccc2oc1=O)NCCNc1ccc([N+](=O)[O-])cc1. The number of nitrogens with one attached hydrogen (secondary N) is 2. The minimum Gasteiger partial charge on any atom is -0.420 e. The average molecular weight is 417 g/mol. The van der Waals surface area contributed by atoms with Gasteiger partial charge in [-0.3, -0.25) is 14.9 Å². The van der Waals surface area contributed by atoms with Gasteiger partial charge in [0.1, 0.15) is 11.2 Å². The van der Waals surface area contributed by atoms with Crippen LogP contribution in [0.3, 0.4) is 0 Å². The van der Waals surface area contributed by atoms with E-state index in [9.17, 15) is 19.7 Å². The van der Waals surface area contributed by atoms with Crippen LogP contribution in [-0.4, -0.2) is 28.9 Å². The van der Waals surface area contributed by atoms with E-state index in [-0.39, 0.29) is 30.1 Å². The summed E-state index contributed by atoms with van der Waals surface area (Å²) >= 11 is 5.92. The number of aryl methyl sites for hydroxylation is 1. The Morgan fingerprint density at radius 3 is 2.66 bits per heavy atom. The molecule has 3 rings (SSSR count). The number of carbonyl (C=O) groups is 1. The molecule has 0 aliphatic rings. The highest BCUT2D eigenvalue weighted by Crippen LogP contribution is 2.17. The van der Waals surface area contributed by atoms with Crippen molar-refractivity contribution in [3.8, 4) is 0 Å². The predicted molar refractivity (Wildman–Crippen MR) is 108 cm³/mol. The molecule has 150 valence electrons. The third-order valence-electron chi connectivity index (χ3n) is 4.06. The van der Waals surface area contributed by atoms with Crippen molar-refractivity contribution in [1.29, 1.82) is 0 Å². The number of nitrogens with zero attached hydrogens (tertiary/aromatic N) is 2. The second kappa shape index (κ2) is 9.16. The van der Waals surface area contributed by atoms with E-state index in [1.807, 2.05) is 0 Å². The lowest BCUT2D eigenvalue weighted by molar-refractivity contribution is -0.384. The summed E-state index contributed by atoms with van der Waals surface area (Å²) in [5, 5.41) is 16.9. The maximum atomic E-state index is 12.0. The van der Waals surface area contributed by atoms with E-state index in [1.54, 1.807) is 30.3 Å². The van der Waals surface area contributed by atoms with Crippen LogP contribution in [0.15, 0.2) is 51.7 Å². The number of non-ortho nitro benzene ring substituents is 1. The summed E-state index contributed by atoms with van der Waals surface area (Å²) in [7, 11) is 0. The number of fused-ring (bicyclic) bond motifs is 1. The monoisotopic (exact) mass is 416 g/mol. The van der Waals surface area contributed by atoms with Gasteiger partial charge in [0.15, 0.2) is 5.58 Å².